The van der Waals surface area contributed by atoms with Crippen molar-refractivity contribution in [2.45, 2.75) is 11.3 Å². The first-order valence-electron chi connectivity index (χ1n) is 4.96. The number of hydrogen-bond donors (Lipinski definition) is 2. The van der Waals surface area contributed by atoms with Crippen molar-refractivity contribution >= 4 is 15.9 Å². The van der Waals surface area contributed by atoms with Gasteiger partial charge in [-0.05, 0) is 30.2 Å². The fourth-order valence-corrected chi connectivity index (χ4v) is 2.29. The van der Waals surface area contributed by atoms with Crippen molar-refractivity contribution in [2.24, 2.45) is 16.8 Å². The molecule has 1 heterocycles. The van der Waals surface area contributed by atoms with Crippen molar-refractivity contribution < 1.29 is 17.9 Å². The highest BCUT2D eigenvalue weighted by Crippen LogP contribution is 2.29. The fraction of sp³-hybridized carbons (Fsp3) is 0.300. The summed E-state index contributed by atoms with van der Waals surface area (Å²) in [4.78, 5) is 11.0. The second-order valence-corrected chi connectivity index (χ2v) is 5.49. The van der Waals surface area contributed by atoms with E-state index in [1.807, 2.05) is 0 Å². The van der Waals surface area contributed by atoms with Gasteiger partial charge in [0.1, 0.15) is 12.4 Å². The maximum atomic E-state index is 11.2. The van der Waals surface area contributed by atoms with Crippen LogP contribution in [0.4, 0.5) is 0 Å². The molecule has 0 saturated heterocycles. The molecule has 0 spiro atoms. The Balaban J connectivity index is 2.39. The summed E-state index contributed by atoms with van der Waals surface area (Å²) >= 11 is 0. The van der Waals surface area contributed by atoms with E-state index in [-0.39, 0.29) is 11.5 Å². The highest BCUT2D eigenvalue weighted by Gasteiger charge is 2.25. The third-order valence-electron chi connectivity index (χ3n) is 2.67. The maximum Gasteiger partial charge on any atom is 0.238 e. The number of rotatable bonds is 2. The Hall–Kier alpha value is -1.60. The van der Waals surface area contributed by atoms with Crippen molar-refractivity contribution in [3.63, 3.8) is 0 Å². The molecular formula is C10H12N2O4S. The Labute approximate surface area is 98.6 Å². The minimum atomic E-state index is -3.75. The van der Waals surface area contributed by atoms with E-state index in [0.29, 0.717) is 17.7 Å². The van der Waals surface area contributed by atoms with Crippen molar-refractivity contribution in [1.29, 1.82) is 0 Å². The third kappa shape index (κ3) is 2.40. The molecule has 1 atom stereocenters. The van der Waals surface area contributed by atoms with Crippen molar-refractivity contribution in [3.05, 3.63) is 23.8 Å². The number of carbonyl (C=O) groups is 1. The topological polar surface area (TPSA) is 112 Å². The zero-order valence-electron chi connectivity index (χ0n) is 8.92. The molecule has 1 aromatic carbocycles. The lowest BCUT2D eigenvalue weighted by Crippen LogP contribution is -2.33. The van der Waals surface area contributed by atoms with Gasteiger partial charge in [-0.3, -0.25) is 4.79 Å². The summed E-state index contributed by atoms with van der Waals surface area (Å²) < 4.78 is 27.7. The van der Waals surface area contributed by atoms with Crippen LogP contribution in [0.2, 0.25) is 0 Å². The third-order valence-corrected chi connectivity index (χ3v) is 3.58. The van der Waals surface area contributed by atoms with E-state index in [1.165, 1.54) is 18.2 Å². The molecular weight excluding hydrogens is 244 g/mol. The predicted molar refractivity (Wildman–Crippen MR) is 59.7 cm³/mol. The molecule has 4 N–H and O–H groups in total. The van der Waals surface area contributed by atoms with Gasteiger partial charge >= 0.3 is 0 Å². The van der Waals surface area contributed by atoms with Crippen LogP contribution >= 0.6 is 0 Å². The average Bonchev–Trinajstić information content (AvgIpc) is 2.26. The summed E-state index contributed by atoms with van der Waals surface area (Å²) in [6.45, 7) is 0.219. The number of primary amides is 1. The van der Waals surface area contributed by atoms with E-state index in [2.05, 4.69) is 0 Å². The number of amides is 1. The van der Waals surface area contributed by atoms with E-state index < -0.39 is 21.8 Å². The van der Waals surface area contributed by atoms with Gasteiger partial charge in [0.15, 0.2) is 0 Å². The molecule has 0 fully saturated rings. The van der Waals surface area contributed by atoms with E-state index in [0.717, 1.165) is 0 Å². The van der Waals surface area contributed by atoms with Crippen LogP contribution in [0.1, 0.15) is 5.56 Å². The monoisotopic (exact) mass is 256 g/mol. The van der Waals surface area contributed by atoms with Crippen LogP contribution in [0.5, 0.6) is 5.75 Å². The van der Waals surface area contributed by atoms with E-state index in [1.54, 1.807) is 0 Å². The zero-order chi connectivity index (χ0) is 12.6. The standard InChI is InChI=1S/C10H12N2O4S/c11-10(13)7-3-6-4-8(17(12,14)15)1-2-9(6)16-5-7/h1-2,4,7H,3,5H2,(H2,11,13)(H2,12,14,15). The van der Waals surface area contributed by atoms with E-state index >= 15 is 0 Å². The van der Waals surface area contributed by atoms with Gasteiger partial charge in [-0.15, -0.1) is 0 Å². The molecule has 2 rings (SSSR count). The van der Waals surface area contributed by atoms with Gasteiger partial charge in [0.25, 0.3) is 0 Å². The highest BCUT2D eigenvalue weighted by atomic mass is 32.2. The van der Waals surface area contributed by atoms with Gasteiger partial charge in [0.05, 0.1) is 10.8 Å². The zero-order valence-corrected chi connectivity index (χ0v) is 9.74. The minimum Gasteiger partial charge on any atom is -0.492 e. The molecule has 1 aliphatic heterocycles. The summed E-state index contributed by atoms with van der Waals surface area (Å²) in [7, 11) is -3.75. The van der Waals surface area contributed by atoms with Gasteiger partial charge in [-0.25, -0.2) is 13.6 Å². The quantitative estimate of drug-likeness (QED) is 0.733. The van der Waals surface area contributed by atoms with Gasteiger partial charge < -0.3 is 10.5 Å². The van der Waals surface area contributed by atoms with Crippen molar-refractivity contribution in [2.75, 3.05) is 6.61 Å². The summed E-state index contributed by atoms with van der Waals surface area (Å²) in [6, 6.07) is 4.32. The molecule has 92 valence electrons. The molecule has 17 heavy (non-hydrogen) atoms. The van der Waals surface area contributed by atoms with Crippen molar-refractivity contribution in [1.82, 2.24) is 0 Å². The lowest BCUT2D eigenvalue weighted by Gasteiger charge is -2.23. The van der Waals surface area contributed by atoms with Gasteiger partial charge in [-0.1, -0.05) is 0 Å². The van der Waals surface area contributed by atoms with Crippen LogP contribution in [0.25, 0.3) is 0 Å². The number of ether oxygens (including phenoxy) is 1. The lowest BCUT2D eigenvalue weighted by atomic mass is 9.96. The second kappa shape index (κ2) is 4.01. The molecule has 1 amide bonds. The molecule has 0 aliphatic carbocycles. The molecule has 1 unspecified atom stereocenters. The maximum absolute atomic E-state index is 11.2. The molecule has 0 aromatic heterocycles. The first-order chi connectivity index (χ1) is 7.88. The van der Waals surface area contributed by atoms with Crippen LogP contribution < -0.4 is 15.6 Å². The van der Waals surface area contributed by atoms with Crippen LogP contribution in [-0.4, -0.2) is 20.9 Å². The summed E-state index contributed by atoms with van der Waals surface area (Å²) in [6.07, 6.45) is 0.369. The number of primary sulfonamides is 1. The molecule has 0 bridgehead atoms. The predicted octanol–water partition coefficient (Wildman–Crippen LogP) is -0.630. The number of fused-ring (bicyclic) bond motifs is 1. The molecule has 1 aromatic rings. The van der Waals surface area contributed by atoms with Crippen LogP contribution in [-0.2, 0) is 21.2 Å². The summed E-state index contributed by atoms with van der Waals surface area (Å²) in [5.41, 5.74) is 5.82. The van der Waals surface area contributed by atoms with E-state index in [9.17, 15) is 13.2 Å². The largest absolute Gasteiger partial charge is 0.492 e. The molecule has 0 radical (unpaired) electrons. The Bertz CT molecular complexity index is 568. The number of hydrogen-bond acceptors (Lipinski definition) is 4. The Morgan fingerprint density at radius 3 is 2.71 bits per heavy atom. The first-order valence-corrected chi connectivity index (χ1v) is 6.50. The van der Waals surface area contributed by atoms with Gasteiger partial charge in [-0.2, -0.15) is 0 Å². The van der Waals surface area contributed by atoms with Crippen LogP contribution in [0.3, 0.4) is 0 Å². The van der Waals surface area contributed by atoms with Crippen LogP contribution in [0.15, 0.2) is 23.1 Å². The Morgan fingerprint density at radius 2 is 2.12 bits per heavy atom. The molecule has 6 nitrogen and oxygen atoms in total. The normalized spacial score (nSPS) is 19.2. The summed E-state index contributed by atoms with van der Waals surface area (Å²) in [5.74, 6) is -0.329. The first kappa shape index (κ1) is 11.9. The number of nitrogens with two attached hydrogens (primary N) is 2. The van der Waals surface area contributed by atoms with Crippen molar-refractivity contribution in [3.8, 4) is 5.75 Å². The fourth-order valence-electron chi connectivity index (χ4n) is 1.73. The Kier molecular flexibility index (Phi) is 2.80. The highest BCUT2D eigenvalue weighted by molar-refractivity contribution is 7.89. The van der Waals surface area contributed by atoms with Crippen LogP contribution in [0, 0.1) is 5.92 Å². The van der Waals surface area contributed by atoms with Gasteiger partial charge in [0, 0.05) is 0 Å². The second-order valence-electron chi connectivity index (χ2n) is 3.93. The molecule has 0 saturated carbocycles. The minimum absolute atomic E-state index is 0.00460. The lowest BCUT2D eigenvalue weighted by molar-refractivity contribution is -0.123. The number of carbonyl (C=O) groups excluding carboxylic acids is 1. The average molecular weight is 256 g/mol. The number of benzene rings is 1. The smallest absolute Gasteiger partial charge is 0.238 e. The van der Waals surface area contributed by atoms with Gasteiger partial charge in [0.2, 0.25) is 15.9 Å². The van der Waals surface area contributed by atoms with E-state index in [4.69, 9.17) is 15.6 Å². The molecule has 1 aliphatic rings. The Morgan fingerprint density at radius 1 is 1.41 bits per heavy atom. The SMILES string of the molecule is NC(=O)C1COc2ccc(S(N)(=O)=O)cc2C1. The molecule has 7 heteroatoms. The summed E-state index contributed by atoms with van der Waals surface area (Å²) in [5, 5.41) is 5.02. The number of sulfonamides is 1.